The van der Waals surface area contributed by atoms with Crippen molar-refractivity contribution in [1.29, 1.82) is 0 Å². The van der Waals surface area contributed by atoms with E-state index >= 15 is 0 Å². The summed E-state index contributed by atoms with van der Waals surface area (Å²) in [6, 6.07) is 23.2. The van der Waals surface area contributed by atoms with Crippen LogP contribution in [0, 0.1) is 0 Å². The number of aromatic carboxylic acids is 1. The maximum absolute atomic E-state index is 13.6. The molecular formula is C40H43N3O10. The highest BCUT2D eigenvalue weighted by atomic mass is 16.6. The van der Waals surface area contributed by atoms with Crippen molar-refractivity contribution in [2.24, 2.45) is 0 Å². The highest BCUT2D eigenvalue weighted by Gasteiger charge is 2.33. The van der Waals surface area contributed by atoms with Crippen LogP contribution < -0.4 is 10.2 Å². The van der Waals surface area contributed by atoms with Crippen molar-refractivity contribution in [2.75, 3.05) is 69.5 Å². The van der Waals surface area contributed by atoms with Crippen molar-refractivity contribution in [3.8, 4) is 0 Å². The summed E-state index contributed by atoms with van der Waals surface area (Å²) in [5.41, 5.74) is 4.44. The van der Waals surface area contributed by atoms with Gasteiger partial charge in [0.1, 0.15) is 13.2 Å². The van der Waals surface area contributed by atoms with Crippen LogP contribution in [-0.4, -0.2) is 99.0 Å². The van der Waals surface area contributed by atoms with E-state index in [2.05, 4.69) is 5.32 Å². The first-order chi connectivity index (χ1) is 25.7. The van der Waals surface area contributed by atoms with E-state index in [1.165, 1.54) is 17.0 Å². The van der Waals surface area contributed by atoms with Crippen molar-refractivity contribution in [1.82, 2.24) is 4.90 Å². The zero-order chi connectivity index (χ0) is 37.7. The zero-order valence-electron chi connectivity index (χ0n) is 29.8. The van der Waals surface area contributed by atoms with Gasteiger partial charge in [0.05, 0.1) is 38.5 Å². The maximum atomic E-state index is 13.6. The molecule has 1 aliphatic rings. The predicted octanol–water partition coefficient (Wildman–Crippen LogP) is 4.95. The quantitative estimate of drug-likeness (QED) is 0.0718. The van der Waals surface area contributed by atoms with E-state index in [1.54, 1.807) is 44.2 Å². The standard InChI is InChI=1S/C40H43N3O10/c1-3-52-35(44)25-50-22-20-42(21-23-51-26-36(45)53-4-2)30-14-10-27(11-15-30)18-19-41-34-17-16-33-37-31(34)6-5-7-32(37)38(46)43(39(33)47)24-28-8-12-29(13-9-28)40(48)49/h5-17,41H,3-4,18-26H2,1-2H3,(H,48,49). The Balaban J connectivity index is 1.20. The lowest BCUT2D eigenvalue weighted by Crippen LogP contribution is -2.39. The molecule has 0 aromatic heterocycles. The van der Waals surface area contributed by atoms with Crippen molar-refractivity contribution in [2.45, 2.75) is 26.8 Å². The molecule has 13 nitrogen and oxygen atoms in total. The molecule has 0 radical (unpaired) electrons. The Bertz CT molecular complexity index is 1880. The molecule has 0 saturated heterocycles. The van der Waals surface area contributed by atoms with Gasteiger partial charge >= 0.3 is 17.9 Å². The number of hydrogen-bond acceptors (Lipinski definition) is 11. The lowest BCUT2D eigenvalue weighted by molar-refractivity contribution is -0.148. The summed E-state index contributed by atoms with van der Waals surface area (Å²) >= 11 is 0. The van der Waals surface area contributed by atoms with Gasteiger partial charge in [0, 0.05) is 52.9 Å². The summed E-state index contributed by atoms with van der Waals surface area (Å²) in [7, 11) is 0. The van der Waals surface area contributed by atoms with E-state index in [0.717, 1.165) is 22.3 Å². The van der Waals surface area contributed by atoms with Crippen LogP contribution in [0.4, 0.5) is 11.4 Å². The number of benzene rings is 4. The molecule has 5 rings (SSSR count). The van der Waals surface area contributed by atoms with Gasteiger partial charge in [0.15, 0.2) is 0 Å². The normalized spacial score (nSPS) is 12.2. The minimum atomic E-state index is -1.05. The van der Waals surface area contributed by atoms with Gasteiger partial charge in [-0.15, -0.1) is 0 Å². The number of imide groups is 1. The van der Waals surface area contributed by atoms with E-state index < -0.39 is 29.7 Å². The average molecular weight is 726 g/mol. The molecule has 1 aliphatic heterocycles. The van der Waals surface area contributed by atoms with Crippen molar-refractivity contribution in [3.05, 3.63) is 107 Å². The summed E-state index contributed by atoms with van der Waals surface area (Å²) in [6.45, 7) is 5.93. The van der Waals surface area contributed by atoms with Crippen LogP contribution in [0.5, 0.6) is 0 Å². The molecule has 0 aliphatic carbocycles. The fourth-order valence-electron chi connectivity index (χ4n) is 6.03. The molecule has 278 valence electrons. The number of nitrogens with zero attached hydrogens (tertiary/aromatic N) is 2. The summed E-state index contributed by atoms with van der Waals surface area (Å²) in [5, 5.41) is 14.0. The number of carboxylic acids is 1. The minimum Gasteiger partial charge on any atom is -0.478 e. The minimum absolute atomic E-state index is 0.0243. The van der Waals surface area contributed by atoms with Crippen LogP contribution in [0.1, 0.15) is 56.0 Å². The van der Waals surface area contributed by atoms with Crippen LogP contribution in [0.15, 0.2) is 78.9 Å². The lowest BCUT2D eigenvalue weighted by atomic mass is 9.92. The average Bonchev–Trinajstić information content (AvgIpc) is 3.16. The van der Waals surface area contributed by atoms with Crippen molar-refractivity contribution < 1.29 is 48.0 Å². The molecule has 0 unspecified atom stereocenters. The van der Waals surface area contributed by atoms with E-state index in [9.17, 15) is 29.1 Å². The molecule has 53 heavy (non-hydrogen) atoms. The molecule has 1 heterocycles. The summed E-state index contributed by atoms with van der Waals surface area (Å²) < 4.78 is 20.9. The van der Waals surface area contributed by atoms with Crippen LogP contribution in [0.3, 0.4) is 0 Å². The molecule has 0 bridgehead atoms. The largest absolute Gasteiger partial charge is 0.478 e. The number of carboxylic acid groups (broad SMARTS) is 1. The smallest absolute Gasteiger partial charge is 0.335 e. The fraction of sp³-hybridized carbons (Fsp3) is 0.325. The van der Waals surface area contributed by atoms with Crippen LogP contribution in [0.25, 0.3) is 10.8 Å². The lowest BCUT2D eigenvalue weighted by Gasteiger charge is -2.28. The Hall–Kier alpha value is -5.79. The molecular weight excluding hydrogens is 682 g/mol. The highest BCUT2D eigenvalue weighted by Crippen LogP contribution is 2.35. The number of ether oxygens (including phenoxy) is 4. The van der Waals surface area contributed by atoms with Gasteiger partial charge in [0.2, 0.25) is 0 Å². The summed E-state index contributed by atoms with van der Waals surface area (Å²) in [4.78, 5) is 64.9. The second-order valence-corrected chi connectivity index (χ2v) is 12.1. The predicted molar refractivity (Wildman–Crippen MR) is 197 cm³/mol. The molecule has 13 heteroatoms. The molecule has 2 N–H and O–H groups in total. The number of carbonyl (C=O) groups is 5. The molecule has 0 spiro atoms. The molecule has 0 atom stereocenters. The molecule has 4 aromatic carbocycles. The molecule has 4 aromatic rings. The number of nitrogens with one attached hydrogen (secondary N) is 1. The third kappa shape index (κ3) is 9.96. The van der Waals surface area contributed by atoms with Gasteiger partial charge in [0.25, 0.3) is 11.8 Å². The van der Waals surface area contributed by atoms with Crippen LogP contribution >= 0.6 is 0 Å². The Kier molecular flexibility index (Phi) is 13.5. The van der Waals surface area contributed by atoms with Crippen LogP contribution in [0.2, 0.25) is 0 Å². The topological polar surface area (TPSA) is 161 Å². The summed E-state index contributed by atoms with van der Waals surface area (Å²) in [6.07, 6.45) is 0.695. The van der Waals surface area contributed by atoms with Crippen LogP contribution in [-0.2, 0) is 41.5 Å². The van der Waals surface area contributed by atoms with Gasteiger partial charge in [-0.25, -0.2) is 14.4 Å². The third-order valence-electron chi connectivity index (χ3n) is 8.63. The maximum Gasteiger partial charge on any atom is 0.335 e. The first-order valence-corrected chi connectivity index (χ1v) is 17.5. The van der Waals surface area contributed by atoms with Gasteiger partial charge < -0.3 is 34.3 Å². The number of carbonyl (C=O) groups excluding carboxylic acids is 4. The molecule has 0 saturated carbocycles. The summed E-state index contributed by atoms with van der Waals surface area (Å²) in [5.74, 6) is -2.70. The number of amides is 2. The first kappa shape index (κ1) is 38.4. The van der Waals surface area contributed by atoms with E-state index in [-0.39, 0.29) is 51.7 Å². The number of esters is 2. The fourth-order valence-corrected chi connectivity index (χ4v) is 6.03. The van der Waals surface area contributed by atoms with Crippen molar-refractivity contribution in [3.63, 3.8) is 0 Å². The third-order valence-corrected chi connectivity index (χ3v) is 8.63. The second-order valence-electron chi connectivity index (χ2n) is 12.1. The zero-order valence-corrected chi connectivity index (χ0v) is 29.8. The van der Waals surface area contributed by atoms with Gasteiger partial charge in [-0.2, -0.15) is 0 Å². The number of hydrogen-bond donors (Lipinski definition) is 2. The van der Waals surface area contributed by atoms with Gasteiger partial charge in [-0.3, -0.25) is 14.5 Å². The van der Waals surface area contributed by atoms with E-state index in [1.807, 2.05) is 41.3 Å². The van der Waals surface area contributed by atoms with E-state index in [4.69, 9.17) is 18.9 Å². The molecule has 2 amide bonds. The Labute approximate surface area is 307 Å². The highest BCUT2D eigenvalue weighted by molar-refractivity contribution is 6.26. The van der Waals surface area contributed by atoms with Crippen molar-refractivity contribution >= 4 is 51.9 Å². The second kappa shape index (κ2) is 18.6. The SMILES string of the molecule is CCOC(=O)COCCN(CCOCC(=O)OCC)c1ccc(CCNc2ccc3c4c(cccc24)C(=O)N(Cc2ccc(C(=O)O)cc2)C3=O)cc1. The van der Waals surface area contributed by atoms with Gasteiger partial charge in [-0.1, -0.05) is 36.4 Å². The Morgan fingerprint density at radius 2 is 1.32 bits per heavy atom. The monoisotopic (exact) mass is 725 g/mol. The molecule has 0 fully saturated rings. The Morgan fingerprint density at radius 3 is 1.91 bits per heavy atom. The van der Waals surface area contributed by atoms with Gasteiger partial charge in [-0.05, 0) is 73.9 Å². The Morgan fingerprint density at radius 1 is 0.736 bits per heavy atom. The first-order valence-electron chi connectivity index (χ1n) is 17.5. The number of anilines is 2. The van der Waals surface area contributed by atoms with E-state index in [0.29, 0.717) is 48.1 Å². The number of rotatable bonds is 20.